The lowest BCUT2D eigenvalue weighted by Crippen LogP contribution is -2.36. The van der Waals surface area contributed by atoms with Gasteiger partial charge in [-0.15, -0.1) is 0 Å². The highest BCUT2D eigenvalue weighted by atomic mass is 16.6. The van der Waals surface area contributed by atoms with Crippen LogP contribution in [0, 0.1) is 0 Å². The van der Waals surface area contributed by atoms with Gasteiger partial charge in [-0.2, -0.15) is 0 Å². The maximum absolute atomic E-state index is 11.4. The second kappa shape index (κ2) is 5.21. The first-order valence-corrected chi connectivity index (χ1v) is 6.80. The highest BCUT2D eigenvalue weighted by Crippen LogP contribution is 2.37. The molecule has 1 amide bonds. The third-order valence-corrected chi connectivity index (χ3v) is 3.60. The number of quaternary nitrogens is 1. The average Bonchev–Trinajstić information content (AvgIpc) is 2.37. The van der Waals surface area contributed by atoms with Crippen LogP contribution in [0.1, 0.15) is 24.0 Å². The number of amides is 1. The van der Waals surface area contributed by atoms with Crippen LogP contribution >= 0.6 is 0 Å². The molecule has 0 saturated heterocycles. The zero-order valence-electron chi connectivity index (χ0n) is 12.2. The van der Waals surface area contributed by atoms with E-state index in [1.54, 1.807) is 7.05 Å². The smallest absolute Gasteiger partial charge is 0.410 e. The first kappa shape index (κ1) is 13.9. The van der Waals surface area contributed by atoms with Gasteiger partial charge in [0.05, 0.1) is 21.1 Å². The molecule has 4 nitrogen and oxygen atoms in total. The van der Waals surface area contributed by atoms with Gasteiger partial charge in [0.25, 0.3) is 0 Å². The normalized spacial score (nSPS) is 14.7. The van der Waals surface area contributed by atoms with E-state index in [-0.39, 0.29) is 0 Å². The Morgan fingerprint density at radius 3 is 2.37 bits per heavy atom. The number of carbonyl (C=O) groups excluding carboxylic acids is 1. The Morgan fingerprint density at radius 2 is 1.79 bits per heavy atom. The Hall–Kier alpha value is -1.55. The van der Waals surface area contributed by atoms with Gasteiger partial charge in [-0.05, 0) is 31.7 Å². The van der Waals surface area contributed by atoms with Crippen LogP contribution in [0.2, 0.25) is 0 Å². The summed E-state index contributed by atoms with van der Waals surface area (Å²) in [4.78, 5) is 11.4. The summed E-state index contributed by atoms with van der Waals surface area (Å²) in [5, 5.41) is 2.50. The summed E-state index contributed by atoms with van der Waals surface area (Å²) in [5.74, 6) is 0.714. The van der Waals surface area contributed by atoms with Crippen LogP contribution in [0.15, 0.2) is 12.1 Å². The predicted octanol–water partition coefficient (Wildman–Crippen LogP) is 2.48. The maximum Gasteiger partial charge on any atom is 0.412 e. The van der Waals surface area contributed by atoms with Gasteiger partial charge >= 0.3 is 6.09 Å². The van der Waals surface area contributed by atoms with Crippen molar-refractivity contribution in [3.05, 3.63) is 23.3 Å². The fraction of sp³-hybridized carbons (Fsp3) is 0.533. The van der Waals surface area contributed by atoms with Crippen LogP contribution in [0.4, 0.5) is 10.5 Å². The summed E-state index contributed by atoms with van der Waals surface area (Å²) in [6, 6.07) is 4.01. The van der Waals surface area contributed by atoms with Gasteiger partial charge in [-0.3, -0.25) is 4.48 Å². The van der Waals surface area contributed by atoms with Crippen LogP contribution in [-0.4, -0.2) is 34.3 Å². The molecule has 1 aromatic rings. The third-order valence-electron chi connectivity index (χ3n) is 3.60. The lowest BCUT2D eigenvalue weighted by Gasteiger charge is -2.30. The summed E-state index contributed by atoms with van der Waals surface area (Å²) in [7, 11) is 8.09. The first-order chi connectivity index (χ1) is 8.93. The van der Waals surface area contributed by atoms with Crippen molar-refractivity contribution in [3.63, 3.8) is 0 Å². The second-order valence-corrected chi connectivity index (χ2v) is 5.90. The Labute approximate surface area is 115 Å². The summed E-state index contributed by atoms with van der Waals surface area (Å²) in [5.41, 5.74) is 3.89. The highest BCUT2D eigenvalue weighted by molar-refractivity contribution is 5.71. The van der Waals surface area contributed by atoms with E-state index in [0.29, 0.717) is 5.75 Å². The summed E-state index contributed by atoms with van der Waals surface area (Å²) >= 11 is 0. The van der Waals surface area contributed by atoms with E-state index in [2.05, 4.69) is 32.5 Å². The topological polar surface area (TPSA) is 38.3 Å². The van der Waals surface area contributed by atoms with E-state index < -0.39 is 6.09 Å². The van der Waals surface area contributed by atoms with Crippen LogP contribution in [0.25, 0.3) is 0 Å². The largest absolute Gasteiger partial charge is 0.412 e. The summed E-state index contributed by atoms with van der Waals surface area (Å²) in [6.07, 6.45) is 4.05. The quantitative estimate of drug-likeness (QED) is 0.832. The molecule has 1 aliphatic carbocycles. The lowest BCUT2D eigenvalue weighted by atomic mass is 9.89. The molecule has 19 heavy (non-hydrogen) atoms. The lowest BCUT2D eigenvalue weighted by molar-refractivity contribution is 0.202. The van der Waals surface area contributed by atoms with Crippen molar-refractivity contribution in [3.8, 4) is 5.75 Å². The second-order valence-electron chi connectivity index (χ2n) is 5.90. The van der Waals surface area contributed by atoms with Gasteiger partial charge in [0.1, 0.15) is 11.4 Å². The van der Waals surface area contributed by atoms with Gasteiger partial charge in [-0.25, -0.2) is 4.79 Å². The number of benzene rings is 1. The zero-order chi connectivity index (χ0) is 14.0. The molecule has 0 unspecified atom stereocenters. The molecule has 0 saturated carbocycles. The first-order valence-electron chi connectivity index (χ1n) is 6.80. The molecule has 0 aliphatic heterocycles. The molecule has 2 rings (SSSR count). The average molecular weight is 263 g/mol. The van der Waals surface area contributed by atoms with Gasteiger partial charge in [0.15, 0.2) is 0 Å². The Balaban J connectivity index is 2.46. The van der Waals surface area contributed by atoms with Crippen molar-refractivity contribution in [2.75, 3.05) is 28.2 Å². The Morgan fingerprint density at radius 1 is 1.16 bits per heavy atom. The molecular formula is C15H23N2O2+. The molecule has 104 valence electrons. The molecule has 0 fully saturated rings. The number of fused-ring (bicyclic) bond motifs is 1. The fourth-order valence-corrected chi connectivity index (χ4v) is 2.69. The molecule has 4 heteroatoms. The van der Waals surface area contributed by atoms with Crippen LogP contribution in [0.3, 0.4) is 0 Å². The highest BCUT2D eigenvalue weighted by Gasteiger charge is 2.25. The van der Waals surface area contributed by atoms with E-state index in [9.17, 15) is 4.79 Å². The summed E-state index contributed by atoms with van der Waals surface area (Å²) < 4.78 is 6.17. The van der Waals surface area contributed by atoms with E-state index in [4.69, 9.17) is 4.74 Å². The molecule has 0 bridgehead atoms. The van der Waals surface area contributed by atoms with Crippen molar-refractivity contribution in [2.24, 2.45) is 0 Å². The number of hydrogen-bond acceptors (Lipinski definition) is 2. The molecule has 1 aromatic carbocycles. The number of hydrogen-bond donors (Lipinski definition) is 1. The minimum atomic E-state index is -0.397. The maximum atomic E-state index is 11.4. The van der Waals surface area contributed by atoms with Crippen LogP contribution in [-0.2, 0) is 12.8 Å². The Kier molecular flexibility index (Phi) is 3.80. The van der Waals surface area contributed by atoms with Gasteiger partial charge in [0.2, 0.25) is 0 Å². The van der Waals surface area contributed by atoms with Gasteiger partial charge in [-0.1, -0.05) is 0 Å². The van der Waals surface area contributed by atoms with E-state index in [0.717, 1.165) is 23.7 Å². The number of ether oxygens (including phenoxy) is 1. The molecule has 0 heterocycles. The van der Waals surface area contributed by atoms with Crippen molar-refractivity contribution >= 4 is 11.8 Å². The molecule has 1 aliphatic rings. The summed E-state index contributed by atoms with van der Waals surface area (Å²) in [6.45, 7) is 0. The minimum Gasteiger partial charge on any atom is -0.410 e. The number of rotatable bonds is 2. The SMILES string of the molecule is CNC(=O)Oc1ccc([N+](C)(C)C)c2c1CCCC2. The third kappa shape index (κ3) is 2.89. The fourth-order valence-electron chi connectivity index (χ4n) is 2.69. The van der Waals surface area contributed by atoms with Gasteiger partial charge < -0.3 is 10.1 Å². The van der Waals surface area contributed by atoms with E-state index in [1.807, 2.05) is 6.07 Å². The van der Waals surface area contributed by atoms with Crippen molar-refractivity contribution in [1.29, 1.82) is 0 Å². The molecular weight excluding hydrogens is 240 g/mol. The number of carbonyl (C=O) groups is 1. The molecule has 0 spiro atoms. The van der Waals surface area contributed by atoms with Crippen molar-refractivity contribution in [1.82, 2.24) is 9.80 Å². The van der Waals surface area contributed by atoms with Crippen molar-refractivity contribution < 1.29 is 9.53 Å². The van der Waals surface area contributed by atoms with Crippen molar-refractivity contribution in [2.45, 2.75) is 25.7 Å². The molecule has 1 N–H and O–H groups in total. The van der Waals surface area contributed by atoms with Gasteiger partial charge in [0, 0.05) is 24.2 Å². The Bertz CT molecular complexity index is 490. The monoisotopic (exact) mass is 263 g/mol. The van der Waals surface area contributed by atoms with Crippen LogP contribution < -0.4 is 14.5 Å². The molecule has 0 radical (unpaired) electrons. The minimum absolute atomic E-state index is 0.397. The number of nitrogens with zero attached hydrogens (tertiary/aromatic N) is 1. The van der Waals surface area contributed by atoms with Crippen LogP contribution in [0.5, 0.6) is 5.75 Å². The predicted molar refractivity (Wildman–Crippen MR) is 77.7 cm³/mol. The number of nitrogens with one attached hydrogen (secondary N) is 1. The molecule has 0 atom stereocenters. The molecule has 0 aromatic heterocycles. The standard InChI is InChI=1S/C15H22N2O2/c1-16-15(18)19-14-10-9-13(17(2,3)4)11-7-5-6-8-12(11)14/h9-10H,5-8H2,1-4H3/p+1. The van der Waals surface area contributed by atoms with E-state index >= 15 is 0 Å². The zero-order valence-corrected chi connectivity index (χ0v) is 12.2. The van der Waals surface area contributed by atoms with E-state index in [1.165, 1.54) is 23.2 Å².